The third-order valence-corrected chi connectivity index (χ3v) is 5.19. The molecule has 1 aromatic heterocycles. The Morgan fingerprint density at radius 3 is 2.62 bits per heavy atom. The van der Waals surface area contributed by atoms with Crippen molar-refractivity contribution in [3.63, 3.8) is 0 Å². The van der Waals surface area contributed by atoms with Gasteiger partial charge in [-0.25, -0.2) is 4.79 Å². The number of hydrogen-bond acceptors (Lipinski definition) is 4. The van der Waals surface area contributed by atoms with Crippen molar-refractivity contribution in [3.8, 4) is 0 Å². The van der Waals surface area contributed by atoms with E-state index in [4.69, 9.17) is 17.0 Å². The van der Waals surface area contributed by atoms with Crippen LogP contribution in [0.5, 0.6) is 0 Å². The van der Waals surface area contributed by atoms with E-state index >= 15 is 0 Å². The van der Waals surface area contributed by atoms with Crippen molar-refractivity contribution in [2.75, 3.05) is 12.4 Å². The molecule has 116 valence electrons. The van der Waals surface area contributed by atoms with Crippen molar-refractivity contribution in [2.24, 2.45) is 0 Å². The number of methoxy groups -OCH3 is 1. The molecule has 6 heteroatoms. The molecule has 1 aliphatic rings. The number of thiophene rings is 1. The summed E-state index contributed by atoms with van der Waals surface area (Å²) in [6, 6.07) is 2.69. The van der Waals surface area contributed by atoms with Crippen LogP contribution in [0.2, 0.25) is 0 Å². The number of carbonyl (C=O) groups is 1. The van der Waals surface area contributed by atoms with Crippen molar-refractivity contribution >= 4 is 39.6 Å². The van der Waals surface area contributed by atoms with E-state index < -0.39 is 0 Å². The van der Waals surface area contributed by atoms with E-state index in [1.807, 2.05) is 13.0 Å². The van der Waals surface area contributed by atoms with Gasteiger partial charge in [-0.05, 0) is 58.3 Å². The highest BCUT2D eigenvalue weighted by Gasteiger charge is 2.27. The molecule has 0 aromatic carbocycles. The topological polar surface area (TPSA) is 41.6 Å². The van der Waals surface area contributed by atoms with Gasteiger partial charge in [0.1, 0.15) is 5.00 Å². The summed E-state index contributed by atoms with van der Waals surface area (Å²) in [6.07, 6.45) is 3.55. The number of nitrogens with zero attached hydrogens (tertiary/aromatic N) is 1. The molecule has 1 N–H and O–H groups in total. The second-order valence-corrected chi connectivity index (χ2v) is 7.20. The van der Waals surface area contributed by atoms with E-state index in [9.17, 15) is 4.79 Å². The molecule has 4 nitrogen and oxygen atoms in total. The van der Waals surface area contributed by atoms with Gasteiger partial charge < -0.3 is 15.0 Å². The monoisotopic (exact) mass is 326 g/mol. The average molecular weight is 326 g/mol. The SMILES string of the molecule is COC(=O)c1cc(C)sc1NC(=S)N1[C@@H](C)CCC[C@@H]1C. The fraction of sp³-hybridized carbons (Fsp3) is 0.600. The van der Waals surface area contributed by atoms with Crippen LogP contribution in [0.1, 0.15) is 48.3 Å². The lowest BCUT2D eigenvalue weighted by Crippen LogP contribution is -2.49. The standard InChI is InChI=1S/C15H22N2O2S2/c1-9-6-5-7-10(2)17(9)15(20)16-13-12(14(18)19-4)8-11(3)21-13/h8-10H,5-7H2,1-4H3,(H,16,20)/t9-,10-/m0/s1. The minimum atomic E-state index is -0.329. The van der Waals surface area contributed by atoms with Crippen LogP contribution in [0.25, 0.3) is 0 Å². The molecule has 0 amide bonds. The minimum absolute atomic E-state index is 0.329. The van der Waals surface area contributed by atoms with Crippen molar-refractivity contribution in [2.45, 2.75) is 52.1 Å². The van der Waals surface area contributed by atoms with Crippen LogP contribution in [-0.4, -0.2) is 35.2 Å². The first-order chi connectivity index (χ1) is 9.93. The highest BCUT2D eigenvalue weighted by atomic mass is 32.1. The van der Waals surface area contributed by atoms with Crippen LogP contribution in [0.15, 0.2) is 6.07 Å². The van der Waals surface area contributed by atoms with Gasteiger partial charge in [0.2, 0.25) is 0 Å². The Morgan fingerprint density at radius 1 is 1.43 bits per heavy atom. The first kappa shape index (κ1) is 16.2. The number of ether oxygens (including phenoxy) is 1. The molecular weight excluding hydrogens is 304 g/mol. The second-order valence-electron chi connectivity index (χ2n) is 5.56. The Bertz CT molecular complexity index is 532. The van der Waals surface area contributed by atoms with Crippen LogP contribution >= 0.6 is 23.6 Å². The number of carbonyl (C=O) groups excluding carboxylic acids is 1. The molecule has 1 fully saturated rings. The third kappa shape index (κ3) is 3.55. The largest absolute Gasteiger partial charge is 0.465 e. The Hall–Kier alpha value is -1.14. The molecule has 21 heavy (non-hydrogen) atoms. The smallest absolute Gasteiger partial charge is 0.340 e. The maximum absolute atomic E-state index is 11.8. The van der Waals surface area contributed by atoms with Crippen molar-refractivity contribution < 1.29 is 9.53 Å². The predicted molar refractivity (Wildman–Crippen MR) is 91.2 cm³/mol. The van der Waals surface area contributed by atoms with E-state index in [0.717, 1.165) is 22.7 Å². The average Bonchev–Trinajstić information content (AvgIpc) is 2.78. The van der Waals surface area contributed by atoms with Gasteiger partial charge in [0, 0.05) is 17.0 Å². The Labute approximate surface area is 135 Å². The molecule has 2 heterocycles. The van der Waals surface area contributed by atoms with Gasteiger partial charge in [-0.3, -0.25) is 0 Å². The molecule has 0 spiro atoms. The number of likely N-dealkylation sites (tertiary alicyclic amines) is 1. The molecule has 0 unspecified atom stereocenters. The fourth-order valence-corrected chi connectivity index (χ4v) is 4.28. The normalized spacial score (nSPS) is 22.0. The van der Waals surface area contributed by atoms with Crippen LogP contribution in [-0.2, 0) is 4.74 Å². The van der Waals surface area contributed by atoms with Crippen molar-refractivity contribution in [3.05, 3.63) is 16.5 Å². The Morgan fingerprint density at radius 2 is 2.05 bits per heavy atom. The molecule has 1 aromatic rings. The molecule has 1 aliphatic heterocycles. The van der Waals surface area contributed by atoms with E-state index in [-0.39, 0.29) is 5.97 Å². The number of esters is 1. The molecular formula is C15H22N2O2S2. The zero-order chi connectivity index (χ0) is 15.6. The van der Waals surface area contributed by atoms with E-state index in [0.29, 0.717) is 22.8 Å². The zero-order valence-electron chi connectivity index (χ0n) is 12.9. The minimum Gasteiger partial charge on any atom is -0.465 e. The molecule has 0 bridgehead atoms. The number of nitrogens with one attached hydrogen (secondary N) is 1. The summed E-state index contributed by atoms with van der Waals surface area (Å²) < 4.78 is 4.83. The molecule has 0 aliphatic carbocycles. The summed E-state index contributed by atoms with van der Waals surface area (Å²) >= 11 is 7.10. The van der Waals surface area contributed by atoms with Crippen LogP contribution in [0, 0.1) is 6.92 Å². The van der Waals surface area contributed by atoms with Crippen LogP contribution in [0.3, 0.4) is 0 Å². The number of piperidine rings is 1. The summed E-state index contributed by atoms with van der Waals surface area (Å²) in [5.74, 6) is -0.329. The number of thiocarbonyl (C=S) groups is 1. The lowest BCUT2D eigenvalue weighted by molar-refractivity contribution is 0.0602. The number of aryl methyl sites for hydroxylation is 1. The van der Waals surface area contributed by atoms with Crippen molar-refractivity contribution in [1.82, 2.24) is 4.90 Å². The molecule has 2 atom stereocenters. The van der Waals surface area contributed by atoms with Gasteiger partial charge >= 0.3 is 5.97 Å². The summed E-state index contributed by atoms with van der Waals surface area (Å²) in [5.41, 5.74) is 0.555. The van der Waals surface area contributed by atoms with Gasteiger partial charge in [-0.15, -0.1) is 11.3 Å². The van der Waals surface area contributed by atoms with Crippen LogP contribution < -0.4 is 5.32 Å². The maximum atomic E-state index is 11.8. The summed E-state index contributed by atoms with van der Waals surface area (Å²) in [4.78, 5) is 15.1. The van der Waals surface area contributed by atoms with Gasteiger partial charge in [-0.2, -0.15) is 0 Å². The lowest BCUT2D eigenvalue weighted by atomic mass is 9.98. The highest BCUT2D eigenvalue weighted by Crippen LogP contribution is 2.30. The summed E-state index contributed by atoms with van der Waals surface area (Å²) in [6.45, 7) is 6.37. The first-order valence-electron chi connectivity index (χ1n) is 7.22. The Balaban J connectivity index is 2.17. The number of rotatable bonds is 2. The molecule has 2 rings (SSSR count). The van der Waals surface area contributed by atoms with E-state index in [2.05, 4.69) is 24.1 Å². The van der Waals surface area contributed by atoms with Gasteiger partial charge in [0.25, 0.3) is 0 Å². The van der Waals surface area contributed by atoms with E-state index in [1.165, 1.54) is 24.9 Å². The fourth-order valence-electron chi connectivity index (χ4n) is 2.85. The Kier molecular flexibility index (Phi) is 5.22. The maximum Gasteiger partial charge on any atom is 0.340 e. The first-order valence-corrected chi connectivity index (χ1v) is 8.44. The predicted octanol–water partition coefficient (Wildman–Crippen LogP) is 3.80. The summed E-state index contributed by atoms with van der Waals surface area (Å²) in [5, 5.41) is 4.72. The van der Waals surface area contributed by atoms with Crippen molar-refractivity contribution in [1.29, 1.82) is 0 Å². The second kappa shape index (κ2) is 6.75. The molecule has 0 radical (unpaired) electrons. The molecule has 1 saturated heterocycles. The third-order valence-electron chi connectivity index (χ3n) is 3.91. The number of anilines is 1. The highest BCUT2D eigenvalue weighted by molar-refractivity contribution is 7.80. The van der Waals surface area contributed by atoms with E-state index in [1.54, 1.807) is 0 Å². The van der Waals surface area contributed by atoms with Gasteiger partial charge in [0.05, 0.1) is 12.7 Å². The van der Waals surface area contributed by atoms with Crippen LogP contribution in [0.4, 0.5) is 5.00 Å². The number of hydrogen-bond donors (Lipinski definition) is 1. The quantitative estimate of drug-likeness (QED) is 0.661. The zero-order valence-corrected chi connectivity index (χ0v) is 14.6. The summed E-state index contributed by atoms with van der Waals surface area (Å²) in [7, 11) is 1.40. The van der Waals surface area contributed by atoms with Gasteiger partial charge in [-0.1, -0.05) is 0 Å². The lowest BCUT2D eigenvalue weighted by Gasteiger charge is -2.40. The van der Waals surface area contributed by atoms with Gasteiger partial charge in [0.15, 0.2) is 5.11 Å². The molecule has 0 saturated carbocycles.